The van der Waals surface area contributed by atoms with Crippen molar-refractivity contribution in [3.05, 3.63) is 59.2 Å². The van der Waals surface area contributed by atoms with Crippen molar-refractivity contribution in [3.63, 3.8) is 0 Å². The van der Waals surface area contributed by atoms with Gasteiger partial charge in [-0.1, -0.05) is 49.6 Å². The molecule has 0 spiro atoms. The number of aryl methyl sites for hydroxylation is 1. The van der Waals surface area contributed by atoms with Gasteiger partial charge in [0.1, 0.15) is 6.04 Å². The Labute approximate surface area is 254 Å². The van der Waals surface area contributed by atoms with Crippen LogP contribution in [-0.4, -0.2) is 77.2 Å². The van der Waals surface area contributed by atoms with Gasteiger partial charge in [0.05, 0.1) is 6.61 Å². The number of carbonyl (C=O) groups is 2. The Morgan fingerprint density at radius 3 is 2.56 bits per heavy atom. The topological polar surface area (TPSA) is 78.9 Å². The minimum absolute atomic E-state index is 0.346. The fourth-order valence-corrected chi connectivity index (χ4v) is 7.38. The molecule has 4 rings (SSSR count). The highest BCUT2D eigenvalue weighted by Gasteiger charge is 2.32. The fourth-order valence-electron chi connectivity index (χ4n) is 6.15. The van der Waals surface area contributed by atoms with Crippen LogP contribution in [-0.2, 0) is 16.1 Å². The van der Waals surface area contributed by atoms with E-state index in [4.69, 9.17) is 4.74 Å². The molecule has 0 radical (unpaired) electrons. The Balaban J connectivity index is 1.53. The van der Waals surface area contributed by atoms with E-state index in [1.807, 2.05) is 61.3 Å². The molecule has 41 heavy (non-hydrogen) atoms. The van der Waals surface area contributed by atoms with Crippen LogP contribution >= 0.6 is 23.5 Å². The van der Waals surface area contributed by atoms with Crippen molar-refractivity contribution in [2.45, 2.75) is 75.7 Å². The number of nitrogens with one attached hydrogen (secondary N) is 1. The van der Waals surface area contributed by atoms with Crippen LogP contribution < -0.4 is 5.32 Å². The third-order valence-corrected chi connectivity index (χ3v) is 10.2. The van der Waals surface area contributed by atoms with Crippen molar-refractivity contribution in [3.8, 4) is 11.1 Å². The summed E-state index contributed by atoms with van der Waals surface area (Å²) in [5.41, 5.74) is 4.57. The lowest BCUT2D eigenvalue weighted by Gasteiger charge is -2.27. The van der Waals surface area contributed by atoms with Crippen LogP contribution in [0.3, 0.4) is 0 Å². The summed E-state index contributed by atoms with van der Waals surface area (Å²) in [6, 6.07) is 13.6. The van der Waals surface area contributed by atoms with Crippen molar-refractivity contribution < 1.29 is 19.4 Å². The van der Waals surface area contributed by atoms with Crippen LogP contribution in [0.4, 0.5) is 0 Å². The summed E-state index contributed by atoms with van der Waals surface area (Å²) in [5, 5.41) is 13.1. The van der Waals surface area contributed by atoms with Crippen LogP contribution in [0.2, 0.25) is 0 Å². The zero-order chi connectivity index (χ0) is 29.2. The molecule has 6 nitrogen and oxygen atoms in total. The van der Waals surface area contributed by atoms with Gasteiger partial charge in [-0.05, 0) is 91.2 Å². The molecule has 1 aliphatic heterocycles. The molecule has 2 aromatic carbocycles. The molecule has 1 unspecified atom stereocenters. The number of likely N-dealkylation sites (tertiary alicyclic amines) is 1. The van der Waals surface area contributed by atoms with E-state index in [-0.39, 0.29) is 5.91 Å². The van der Waals surface area contributed by atoms with Crippen molar-refractivity contribution >= 4 is 35.4 Å². The summed E-state index contributed by atoms with van der Waals surface area (Å²) in [5.74, 6) is 0.0301. The summed E-state index contributed by atoms with van der Waals surface area (Å²) < 4.78 is 6.31. The summed E-state index contributed by atoms with van der Waals surface area (Å²) >= 11 is 3.51. The van der Waals surface area contributed by atoms with Crippen molar-refractivity contribution in [1.82, 2.24) is 10.2 Å². The second-order valence-corrected chi connectivity index (χ2v) is 13.7. The van der Waals surface area contributed by atoms with Gasteiger partial charge >= 0.3 is 5.97 Å². The highest BCUT2D eigenvalue weighted by Crippen LogP contribution is 2.32. The molecule has 2 aliphatic rings. The molecule has 2 aromatic rings. The van der Waals surface area contributed by atoms with Crippen molar-refractivity contribution in [2.24, 2.45) is 5.92 Å². The predicted molar refractivity (Wildman–Crippen MR) is 172 cm³/mol. The van der Waals surface area contributed by atoms with Gasteiger partial charge in [0, 0.05) is 36.6 Å². The van der Waals surface area contributed by atoms with E-state index in [1.165, 1.54) is 32.1 Å². The number of carbonyl (C=O) groups excluding carboxylic acids is 1. The molecule has 2 N–H and O–H groups in total. The summed E-state index contributed by atoms with van der Waals surface area (Å²) in [6.45, 7) is 5.51. The van der Waals surface area contributed by atoms with E-state index >= 15 is 0 Å². The summed E-state index contributed by atoms with van der Waals surface area (Å²) in [4.78, 5) is 27.8. The first-order valence-electron chi connectivity index (χ1n) is 15.0. The molecule has 8 heteroatoms. The largest absolute Gasteiger partial charge is 0.480 e. The zero-order valence-corrected chi connectivity index (χ0v) is 26.4. The van der Waals surface area contributed by atoms with Crippen LogP contribution in [0, 0.1) is 12.8 Å². The number of nitrogens with zero attached hydrogens (tertiary/aromatic N) is 1. The van der Waals surface area contributed by atoms with Gasteiger partial charge in [-0.15, -0.1) is 0 Å². The molecule has 0 bridgehead atoms. The lowest BCUT2D eigenvalue weighted by atomic mass is 9.90. The quantitative estimate of drug-likeness (QED) is 0.257. The molecule has 1 aliphatic carbocycles. The van der Waals surface area contributed by atoms with Gasteiger partial charge in [-0.3, -0.25) is 9.69 Å². The highest BCUT2D eigenvalue weighted by atomic mass is 32.2. The smallest absolute Gasteiger partial charge is 0.326 e. The maximum absolute atomic E-state index is 13.5. The number of benzene rings is 2. The molecule has 224 valence electrons. The van der Waals surface area contributed by atoms with Gasteiger partial charge in [-0.25, -0.2) is 4.79 Å². The number of aliphatic carboxylic acids is 1. The van der Waals surface area contributed by atoms with Crippen LogP contribution in [0.1, 0.15) is 66.4 Å². The maximum atomic E-state index is 13.5. The average Bonchev–Trinajstić information content (AvgIpc) is 3.37. The minimum atomic E-state index is -1.00. The van der Waals surface area contributed by atoms with Gasteiger partial charge in [0.15, 0.2) is 0 Å². The number of amides is 1. The molecule has 1 amide bonds. The van der Waals surface area contributed by atoms with E-state index in [0.717, 1.165) is 55.0 Å². The Hall–Kier alpha value is -2.00. The number of rotatable bonds is 14. The SMILES string of the molecule is CSCC[C@H](NC(=O)c1ccc(CN2CC(SC)C[C@H]2COCC2CCCCC2)cc1-c1ccccc1C)C(=O)O. The number of hydrogen-bond donors (Lipinski definition) is 2. The van der Waals surface area contributed by atoms with E-state index in [1.54, 1.807) is 11.8 Å². The third-order valence-electron chi connectivity index (χ3n) is 8.57. The van der Waals surface area contributed by atoms with E-state index in [9.17, 15) is 14.7 Å². The third kappa shape index (κ3) is 8.99. The van der Waals surface area contributed by atoms with Gasteiger partial charge in [0.2, 0.25) is 0 Å². The summed E-state index contributed by atoms with van der Waals surface area (Å²) in [6.07, 6.45) is 12.3. The normalized spacial score (nSPS) is 20.7. The number of carboxylic acid groups (broad SMARTS) is 1. The number of thioether (sulfide) groups is 2. The van der Waals surface area contributed by atoms with Gasteiger partial charge in [0.25, 0.3) is 5.91 Å². The molecule has 1 saturated heterocycles. The van der Waals surface area contributed by atoms with Crippen molar-refractivity contribution in [1.29, 1.82) is 0 Å². The first-order valence-corrected chi connectivity index (χ1v) is 17.6. The van der Waals surface area contributed by atoms with E-state index < -0.39 is 12.0 Å². The Kier molecular flexibility index (Phi) is 12.5. The number of ether oxygens (including phenoxy) is 1. The van der Waals surface area contributed by atoms with Crippen LogP contribution in [0.5, 0.6) is 0 Å². The Bertz CT molecular complexity index is 1150. The van der Waals surface area contributed by atoms with Gasteiger partial charge < -0.3 is 15.2 Å². The molecule has 1 saturated carbocycles. The fraction of sp³-hybridized carbons (Fsp3) is 0.576. The summed E-state index contributed by atoms with van der Waals surface area (Å²) in [7, 11) is 0. The lowest BCUT2D eigenvalue weighted by molar-refractivity contribution is -0.139. The maximum Gasteiger partial charge on any atom is 0.326 e. The number of hydrogen-bond acceptors (Lipinski definition) is 6. The molecular formula is C33H46N2O4S2. The minimum Gasteiger partial charge on any atom is -0.480 e. The lowest BCUT2D eigenvalue weighted by Crippen LogP contribution is -2.41. The highest BCUT2D eigenvalue weighted by molar-refractivity contribution is 7.99. The second-order valence-electron chi connectivity index (χ2n) is 11.6. The Morgan fingerprint density at radius 2 is 1.85 bits per heavy atom. The number of carboxylic acids is 1. The predicted octanol–water partition coefficient (Wildman–Crippen LogP) is 6.50. The first kappa shape index (κ1) is 31.9. The molecule has 2 fully saturated rings. The van der Waals surface area contributed by atoms with Crippen molar-refractivity contribution in [2.75, 3.05) is 38.0 Å². The van der Waals surface area contributed by atoms with Crippen LogP contribution in [0.15, 0.2) is 42.5 Å². The Morgan fingerprint density at radius 1 is 1.07 bits per heavy atom. The molecule has 3 atom stereocenters. The monoisotopic (exact) mass is 598 g/mol. The molecule has 0 aromatic heterocycles. The standard InChI is InChI=1S/C33H46N2O4S2/c1-23-9-7-8-12-28(23)30-17-25(13-14-29(30)32(36)34-31(33(37)38)15-16-40-2)19-35-20-27(41-3)18-26(35)22-39-21-24-10-5-4-6-11-24/h7-9,12-14,17,24,26-27,31H,4-6,10-11,15-16,18-22H2,1-3H3,(H,34,36)(H,37,38)/t26-,27?,31-/m0/s1. The first-order chi connectivity index (χ1) is 19.9. The van der Waals surface area contributed by atoms with Crippen LogP contribution in [0.25, 0.3) is 11.1 Å². The van der Waals surface area contributed by atoms with Gasteiger partial charge in [-0.2, -0.15) is 23.5 Å². The van der Waals surface area contributed by atoms with E-state index in [0.29, 0.717) is 34.9 Å². The van der Waals surface area contributed by atoms with E-state index in [2.05, 4.69) is 22.5 Å². The molecule has 1 heterocycles. The second kappa shape index (κ2) is 16.0. The zero-order valence-electron chi connectivity index (χ0n) is 24.8. The molecular weight excluding hydrogens is 553 g/mol. The average molecular weight is 599 g/mol.